The number of phenolic OH excluding ortho intramolecular Hbond substituents is 1. The van der Waals surface area contributed by atoms with Crippen LogP contribution in [-0.4, -0.2) is 21.7 Å². The van der Waals surface area contributed by atoms with Crippen LogP contribution in [0.25, 0.3) is 11.3 Å². The van der Waals surface area contributed by atoms with Gasteiger partial charge in [0, 0.05) is 35.7 Å². The van der Waals surface area contributed by atoms with E-state index in [1.807, 2.05) is 0 Å². The van der Waals surface area contributed by atoms with Gasteiger partial charge in [-0.15, -0.1) is 0 Å². The molecule has 4 rings (SSSR count). The third-order valence-electron chi connectivity index (χ3n) is 5.30. The zero-order chi connectivity index (χ0) is 25.0. The zero-order valence-corrected chi connectivity index (χ0v) is 18.2. The molecule has 1 atom stereocenters. The fourth-order valence-corrected chi connectivity index (χ4v) is 3.55. The summed E-state index contributed by atoms with van der Waals surface area (Å²) in [6.45, 7) is 0. The number of amides is 1. The maximum absolute atomic E-state index is 13.0. The molecule has 9 heteroatoms. The lowest BCUT2D eigenvalue weighted by Gasteiger charge is -2.19. The van der Waals surface area contributed by atoms with Crippen molar-refractivity contribution in [3.63, 3.8) is 0 Å². The highest BCUT2D eigenvalue weighted by atomic mass is 19.4. The summed E-state index contributed by atoms with van der Waals surface area (Å²) >= 11 is 0. The Balaban J connectivity index is 1.57. The van der Waals surface area contributed by atoms with Gasteiger partial charge in [-0.2, -0.15) is 13.2 Å². The number of nitrogens with one attached hydrogen (secondary N) is 2. The Labute approximate surface area is 198 Å². The first kappa shape index (κ1) is 23.7. The van der Waals surface area contributed by atoms with Crippen molar-refractivity contribution in [3.05, 3.63) is 108 Å². The molecule has 0 bridgehead atoms. The number of phenols is 1. The number of furan rings is 1. The topological polar surface area (TPSA) is 99.2 Å². The van der Waals surface area contributed by atoms with Crippen LogP contribution in [0.4, 0.5) is 13.2 Å². The predicted octanol–water partition coefficient (Wildman–Crippen LogP) is 6.00. The maximum Gasteiger partial charge on any atom is 0.416 e. The minimum Gasteiger partial charge on any atom is -0.508 e. The van der Waals surface area contributed by atoms with Gasteiger partial charge in [0.25, 0.3) is 5.91 Å². The number of rotatable bonds is 7. The lowest BCUT2D eigenvalue weighted by atomic mass is 9.97. The van der Waals surface area contributed by atoms with Gasteiger partial charge in [0.1, 0.15) is 11.5 Å². The van der Waals surface area contributed by atoms with Crippen molar-refractivity contribution in [1.29, 1.82) is 5.41 Å². The summed E-state index contributed by atoms with van der Waals surface area (Å²) < 4.78 is 44.7. The van der Waals surface area contributed by atoms with E-state index in [4.69, 9.17) is 9.83 Å². The standard InChI is InChI=1S/C26H20F3N3O3/c27-26(28,29)19-7-1-5-17(12-19)23-9-10-24(35-23)25(34)32-22(16-4-2-8-20(33)13-16)14-21(30)18-6-3-11-31-15-18/h1-13,15,22,30,33H,14H2,(H,32,34). The first-order valence-electron chi connectivity index (χ1n) is 10.6. The highest BCUT2D eigenvalue weighted by Gasteiger charge is 2.30. The molecule has 4 aromatic rings. The quantitative estimate of drug-likeness (QED) is 0.283. The molecule has 0 aliphatic rings. The van der Waals surface area contributed by atoms with Gasteiger partial charge < -0.3 is 20.2 Å². The van der Waals surface area contributed by atoms with Gasteiger partial charge in [0.15, 0.2) is 5.76 Å². The number of pyridine rings is 1. The fourth-order valence-electron chi connectivity index (χ4n) is 3.55. The molecule has 6 nitrogen and oxygen atoms in total. The van der Waals surface area contributed by atoms with Gasteiger partial charge in [-0.25, -0.2) is 0 Å². The number of hydrogen-bond acceptors (Lipinski definition) is 5. The zero-order valence-electron chi connectivity index (χ0n) is 18.2. The third-order valence-corrected chi connectivity index (χ3v) is 5.30. The number of aromatic hydroxyl groups is 1. The molecule has 0 aliphatic heterocycles. The van der Waals surface area contributed by atoms with Gasteiger partial charge in [0.05, 0.1) is 11.6 Å². The second-order valence-corrected chi connectivity index (χ2v) is 7.79. The van der Waals surface area contributed by atoms with Crippen molar-refractivity contribution in [2.75, 3.05) is 0 Å². The Morgan fingerprint density at radius 3 is 2.57 bits per heavy atom. The molecule has 35 heavy (non-hydrogen) atoms. The van der Waals surface area contributed by atoms with Crippen molar-refractivity contribution in [1.82, 2.24) is 10.3 Å². The molecule has 178 valence electrons. The largest absolute Gasteiger partial charge is 0.508 e. The first-order valence-corrected chi connectivity index (χ1v) is 10.6. The molecule has 1 amide bonds. The molecule has 3 N–H and O–H groups in total. The Hall–Kier alpha value is -4.40. The smallest absolute Gasteiger partial charge is 0.416 e. The van der Waals surface area contributed by atoms with Crippen molar-refractivity contribution in [3.8, 4) is 17.1 Å². The predicted molar refractivity (Wildman–Crippen MR) is 123 cm³/mol. The lowest BCUT2D eigenvalue weighted by Crippen LogP contribution is -2.30. The number of aromatic nitrogens is 1. The Morgan fingerprint density at radius 1 is 1.06 bits per heavy atom. The van der Waals surface area contributed by atoms with Crippen LogP contribution in [-0.2, 0) is 6.18 Å². The molecule has 2 heterocycles. The number of benzene rings is 2. The number of alkyl halides is 3. The van der Waals surface area contributed by atoms with Gasteiger partial charge in [-0.05, 0) is 48.0 Å². The highest BCUT2D eigenvalue weighted by Crippen LogP contribution is 2.33. The first-order chi connectivity index (χ1) is 16.7. The van der Waals surface area contributed by atoms with E-state index in [2.05, 4.69) is 10.3 Å². The summed E-state index contributed by atoms with van der Waals surface area (Å²) in [5.41, 5.74) is 0.723. The van der Waals surface area contributed by atoms with Gasteiger partial charge in [0.2, 0.25) is 0 Å². The number of nitrogens with zero attached hydrogens (tertiary/aromatic N) is 1. The van der Waals surface area contributed by atoms with Crippen LogP contribution in [0.3, 0.4) is 0 Å². The average Bonchev–Trinajstić information content (AvgIpc) is 3.34. The minimum atomic E-state index is -4.50. The summed E-state index contributed by atoms with van der Waals surface area (Å²) in [5.74, 6) is -0.608. The number of carbonyl (C=O) groups is 1. The minimum absolute atomic E-state index is 0.000473. The molecule has 1 unspecified atom stereocenters. The molecule has 2 aromatic carbocycles. The molecular weight excluding hydrogens is 459 g/mol. The summed E-state index contributed by atoms with van der Waals surface area (Å²) in [4.78, 5) is 17.0. The van der Waals surface area contributed by atoms with Crippen molar-refractivity contribution in [2.24, 2.45) is 0 Å². The van der Waals surface area contributed by atoms with Crippen molar-refractivity contribution >= 4 is 11.6 Å². The average molecular weight is 479 g/mol. The van der Waals surface area contributed by atoms with Gasteiger partial charge in [-0.3, -0.25) is 9.78 Å². The van der Waals surface area contributed by atoms with E-state index in [0.717, 1.165) is 12.1 Å². The molecule has 0 saturated carbocycles. The van der Waals surface area contributed by atoms with E-state index in [-0.39, 0.29) is 35.0 Å². The number of hydrogen-bond donors (Lipinski definition) is 3. The van der Waals surface area contributed by atoms with E-state index >= 15 is 0 Å². The highest BCUT2D eigenvalue weighted by molar-refractivity contribution is 5.99. The monoisotopic (exact) mass is 479 g/mol. The Kier molecular flexibility index (Phi) is 6.68. The van der Waals surface area contributed by atoms with E-state index in [9.17, 15) is 23.1 Å². The second-order valence-electron chi connectivity index (χ2n) is 7.79. The summed E-state index contributed by atoms with van der Waals surface area (Å²) in [5, 5.41) is 21.1. The van der Waals surface area contributed by atoms with Crippen molar-refractivity contribution < 1.29 is 27.5 Å². The molecule has 0 saturated heterocycles. The van der Waals surface area contributed by atoms with Crippen LogP contribution in [0.5, 0.6) is 5.75 Å². The molecule has 0 aliphatic carbocycles. The van der Waals surface area contributed by atoms with Crippen LogP contribution in [0.2, 0.25) is 0 Å². The molecule has 2 aromatic heterocycles. The van der Waals surface area contributed by atoms with E-state index in [0.29, 0.717) is 11.1 Å². The van der Waals surface area contributed by atoms with Crippen molar-refractivity contribution in [2.45, 2.75) is 18.6 Å². The van der Waals surface area contributed by atoms with Gasteiger partial charge in [-0.1, -0.05) is 30.3 Å². The van der Waals surface area contributed by atoms with Crippen LogP contribution in [0.1, 0.15) is 39.7 Å². The summed E-state index contributed by atoms with van der Waals surface area (Å²) in [6.07, 6.45) is -1.28. The van der Waals surface area contributed by atoms with Crippen LogP contribution in [0.15, 0.2) is 89.6 Å². The van der Waals surface area contributed by atoms with Crippen LogP contribution in [0, 0.1) is 5.41 Å². The molecule has 0 fully saturated rings. The van der Waals surface area contributed by atoms with E-state index in [1.54, 1.807) is 30.5 Å². The third kappa shape index (κ3) is 5.75. The van der Waals surface area contributed by atoms with Crippen LogP contribution >= 0.6 is 0 Å². The maximum atomic E-state index is 13.0. The number of halogens is 3. The molecule has 0 radical (unpaired) electrons. The normalized spacial score (nSPS) is 12.2. The van der Waals surface area contributed by atoms with Crippen LogP contribution < -0.4 is 5.32 Å². The Bertz CT molecular complexity index is 1350. The SMILES string of the molecule is N=C(CC(NC(=O)c1ccc(-c2cccc(C(F)(F)F)c2)o1)c1cccc(O)c1)c1cccnc1. The van der Waals surface area contributed by atoms with E-state index in [1.165, 1.54) is 42.6 Å². The fraction of sp³-hybridized carbons (Fsp3) is 0.115. The summed E-state index contributed by atoms with van der Waals surface area (Å²) in [6, 6.07) is 16.5. The van der Waals surface area contributed by atoms with E-state index < -0.39 is 23.7 Å². The summed E-state index contributed by atoms with van der Waals surface area (Å²) in [7, 11) is 0. The molecule has 0 spiro atoms. The number of carbonyl (C=O) groups excluding carboxylic acids is 1. The molecular formula is C26H20F3N3O3. The lowest BCUT2D eigenvalue weighted by molar-refractivity contribution is -0.137. The second kappa shape index (κ2) is 9.84. The van der Waals surface area contributed by atoms with Gasteiger partial charge >= 0.3 is 6.18 Å². The Morgan fingerprint density at radius 2 is 1.86 bits per heavy atom.